The summed E-state index contributed by atoms with van der Waals surface area (Å²) in [5, 5.41) is 11.1. The van der Waals surface area contributed by atoms with Crippen molar-refractivity contribution in [1.29, 1.82) is 0 Å². The van der Waals surface area contributed by atoms with Crippen molar-refractivity contribution in [3.63, 3.8) is 0 Å². The predicted molar refractivity (Wildman–Crippen MR) is 45.6 cm³/mol. The molecule has 4 rings (SSSR count). The Labute approximate surface area is 144 Å². The van der Waals surface area contributed by atoms with E-state index < -0.39 is 11.4 Å². The van der Waals surface area contributed by atoms with Crippen molar-refractivity contribution in [2.45, 2.75) is 38.5 Å². The summed E-state index contributed by atoms with van der Waals surface area (Å²) in [6.45, 7) is 0. The van der Waals surface area contributed by atoms with Crippen LogP contribution >= 0.6 is 0 Å². The number of carbonyl (C=O) groups is 1. The zero-order valence-electron chi connectivity index (χ0n) is 8.79. The predicted octanol–water partition coefficient (Wildman–Crippen LogP) is -2.04. The molecular weight excluding hydrogens is 297 g/mol. The zero-order valence-corrected chi connectivity index (χ0v) is 15.1. The van der Waals surface area contributed by atoms with Gasteiger partial charge in [-0.15, -0.1) is 0 Å². The Balaban J connectivity index is 0.000000750. The Morgan fingerprint density at radius 1 is 1.00 bits per heavy atom. The van der Waals surface area contributed by atoms with Crippen LogP contribution in [0.5, 0.6) is 0 Å². The van der Waals surface area contributed by atoms with Crippen LogP contribution in [0.4, 0.5) is 0 Å². The molecule has 0 aromatic carbocycles. The molecule has 4 aliphatic rings. The van der Waals surface area contributed by atoms with Gasteiger partial charge in [-0.1, -0.05) is 0 Å². The Kier molecular flexibility index (Phi) is 3.49. The SMILES string of the molecule is O=C([O-])C12CC3CC(CC(C3)C1)C2.[Cs+]. The topological polar surface area (TPSA) is 40.1 Å². The molecule has 3 heteroatoms. The molecule has 0 amide bonds. The molecule has 0 aromatic heterocycles. The standard InChI is InChI=1S/C11H16O2.Cs/c12-10(13)11-4-7-1-8(5-11)3-9(2-7)6-11;/h7-9H,1-6H2,(H,12,13);/q;+1/p-1. The van der Waals surface area contributed by atoms with Crippen LogP contribution in [0.2, 0.25) is 0 Å². The summed E-state index contributed by atoms with van der Waals surface area (Å²) < 4.78 is 0. The summed E-state index contributed by atoms with van der Waals surface area (Å²) in [7, 11) is 0. The number of carboxylic acid groups (broad SMARTS) is 1. The maximum absolute atomic E-state index is 11.1. The van der Waals surface area contributed by atoms with Crippen LogP contribution in [-0.2, 0) is 4.79 Å². The van der Waals surface area contributed by atoms with Gasteiger partial charge in [0, 0.05) is 11.4 Å². The Morgan fingerprint density at radius 2 is 1.36 bits per heavy atom. The molecule has 4 bridgehead atoms. The van der Waals surface area contributed by atoms with Crippen LogP contribution in [0, 0.1) is 23.2 Å². The number of hydrogen-bond acceptors (Lipinski definition) is 2. The average Bonchev–Trinajstić information content (AvgIpc) is 2.00. The second-order valence-electron chi connectivity index (χ2n) is 5.49. The zero-order chi connectivity index (χ0) is 9.05. The molecule has 4 aliphatic carbocycles. The summed E-state index contributed by atoms with van der Waals surface area (Å²) in [6, 6.07) is 0. The molecule has 4 fully saturated rings. The first-order valence-corrected chi connectivity index (χ1v) is 5.39. The summed E-state index contributed by atoms with van der Waals surface area (Å²) in [5.74, 6) is 1.38. The van der Waals surface area contributed by atoms with Crippen LogP contribution < -0.4 is 74.0 Å². The third-order valence-electron chi connectivity index (χ3n) is 4.47. The van der Waals surface area contributed by atoms with Crippen molar-refractivity contribution in [2.24, 2.45) is 23.2 Å². The van der Waals surface area contributed by atoms with Crippen LogP contribution in [-0.4, -0.2) is 5.97 Å². The summed E-state index contributed by atoms with van der Waals surface area (Å²) in [4.78, 5) is 11.1. The van der Waals surface area contributed by atoms with E-state index in [2.05, 4.69) is 0 Å². The van der Waals surface area contributed by atoms with Crippen molar-refractivity contribution >= 4 is 5.97 Å². The van der Waals surface area contributed by atoms with Crippen LogP contribution in [0.25, 0.3) is 0 Å². The summed E-state index contributed by atoms with van der Waals surface area (Å²) in [5.41, 5.74) is -0.394. The Bertz CT molecular complexity index is 227. The molecule has 0 aliphatic heterocycles. The van der Waals surface area contributed by atoms with Gasteiger partial charge in [0.25, 0.3) is 0 Å². The number of carbonyl (C=O) groups excluding carboxylic acids is 1. The van der Waals surface area contributed by atoms with E-state index in [9.17, 15) is 9.90 Å². The van der Waals surface area contributed by atoms with Gasteiger partial charge >= 0.3 is 68.9 Å². The second-order valence-corrected chi connectivity index (χ2v) is 5.49. The van der Waals surface area contributed by atoms with Gasteiger partial charge in [0.05, 0.1) is 0 Å². The van der Waals surface area contributed by atoms with Gasteiger partial charge in [-0.05, 0) is 56.3 Å². The molecule has 14 heavy (non-hydrogen) atoms. The monoisotopic (exact) mass is 312 g/mol. The molecule has 0 heterocycles. The quantitative estimate of drug-likeness (QED) is 0.560. The number of rotatable bonds is 1. The fourth-order valence-corrected chi connectivity index (χ4v) is 4.36. The van der Waals surface area contributed by atoms with E-state index in [1.165, 1.54) is 19.3 Å². The second kappa shape index (κ2) is 4.08. The fourth-order valence-electron chi connectivity index (χ4n) is 4.36. The first-order valence-electron chi connectivity index (χ1n) is 5.39. The van der Waals surface area contributed by atoms with E-state index in [1.54, 1.807) is 0 Å². The number of carboxylic acids is 1. The van der Waals surface area contributed by atoms with E-state index in [-0.39, 0.29) is 68.9 Å². The minimum atomic E-state index is -0.758. The third-order valence-corrected chi connectivity index (χ3v) is 4.47. The smallest absolute Gasteiger partial charge is 0.550 e. The van der Waals surface area contributed by atoms with Gasteiger partial charge in [-0.3, -0.25) is 0 Å². The van der Waals surface area contributed by atoms with E-state index >= 15 is 0 Å². The number of hydrogen-bond donors (Lipinski definition) is 0. The van der Waals surface area contributed by atoms with Crippen molar-refractivity contribution in [3.05, 3.63) is 0 Å². The summed E-state index contributed by atoms with van der Waals surface area (Å²) >= 11 is 0. The molecule has 4 saturated carbocycles. The van der Waals surface area contributed by atoms with Crippen molar-refractivity contribution < 1.29 is 78.8 Å². The molecule has 72 valence electrons. The Morgan fingerprint density at radius 3 is 1.64 bits per heavy atom. The molecule has 0 unspecified atom stereocenters. The van der Waals surface area contributed by atoms with Crippen molar-refractivity contribution in [2.75, 3.05) is 0 Å². The average molecular weight is 312 g/mol. The Hall–Kier alpha value is 1.52. The van der Waals surface area contributed by atoms with Crippen LogP contribution in [0.1, 0.15) is 38.5 Å². The minimum Gasteiger partial charge on any atom is -0.550 e. The first kappa shape index (κ1) is 12.0. The molecule has 0 radical (unpaired) electrons. The fraction of sp³-hybridized carbons (Fsp3) is 0.909. The van der Waals surface area contributed by atoms with Gasteiger partial charge in [0.1, 0.15) is 0 Å². The van der Waals surface area contributed by atoms with Crippen LogP contribution in [0.15, 0.2) is 0 Å². The maximum Gasteiger partial charge on any atom is 1.00 e. The molecule has 0 atom stereocenters. The normalized spacial score (nSPS) is 48.7. The van der Waals surface area contributed by atoms with E-state index in [0.717, 1.165) is 19.3 Å². The maximum atomic E-state index is 11.1. The van der Waals surface area contributed by atoms with Gasteiger partial charge in [-0.2, -0.15) is 0 Å². The van der Waals surface area contributed by atoms with E-state index in [0.29, 0.717) is 17.8 Å². The van der Waals surface area contributed by atoms with Gasteiger partial charge in [-0.25, -0.2) is 0 Å². The molecule has 0 spiro atoms. The van der Waals surface area contributed by atoms with Crippen molar-refractivity contribution in [1.82, 2.24) is 0 Å². The summed E-state index contributed by atoms with van der Waals surface area (Å²) in [6.07, 6.45) is 6.65. The van der Waals surface area contributed by atoms with Gasteiger partial charge in [0.15, 0.2) is 0 Å². The minimum absolute atomic E-state index is 0. The number of aliphatic carboxylic acids is 1. The molecule has 2 nitrogen and oxygen atoms in total. The van der Waals surface area contributed by atoms with Crippen LogP contribution in [0.3, 0.4) is 0 Å². The van der Waals surface area contributed by atoms with E-state index in [4.69, 9.17) is 0 Å². The van der Waals surface area contributed by atoms with Gasteiger partial charge < -0.3 is 9.90 Å². The molecular formula is C11H15CsO2. The van der Waals surface area contributed by atoms with Gasteiger partial charge in [0.2, 0.25) is 0 Å². The largest absolute Gasteiger partial charge is 1.00 e. The molecule has 0 aromatic rings. The van der Waals surface area contributed by atoms with Crippen molar-refractivity contribution in [3.8, 4) is 0 Å². The first-order chi connectivity index (χ1) is 6.18. The molecule has 0 saturated heterocycles. The third kappa shape index (κ3) is 1.78. The van der Waals surface area contributed by atoms with E-state index in [1.807, 2.05) is 0 Å². The molecule has 0 N–H and O–H groups in total.